The summed E-state index contributed by atoms with van der Waals surface area (Å²) < 4.78 is 5.27. The largest absolute Gasteiger partial charge is 0.457 e. The summed E-state index contributed by atoms with van der Waals surface area (Å²) in [7, 11) is 0. The second-order valence-electron chi connectivity index (χ2n) is 3.26. The number of hydrogen-bond donors (Lipinski definition) is 1. The zero-order valence-corrected chi connectivity index (χ0v) is 7.77. The molecule has 4 heteroatoms. The van der Waals surface area contributed by atoms with Gasteiger partial charge in [-0.05, 0) is 25.1 Å². The minimum atomic E-state index is -0.263. The van der Waals surface area contributed by atoms with Crippen LogP contribution in [0, 0.1) is 0 Å². The molecule has 2 rings (SSSR count). The topological polar surface area (TPSA) is 51.2 Å². The van der Waals surface area contributed by atoms with Crippen molar-refractivity contribution in [2.24, 2.45) is 0 Å². The van der Waals surface area contributed by atoms with Gasteiger partial charge in [-0.2, -0.15) is 0 Å². The molecule has 0 spiro atoms. The van der Waals surface area contributed by atoms with Crippen LogP contribution in [0.3, 0.4) is 0 Å². The van der Waals surface area contributed by atoms with Gasteiger partial charge in [0.05, 0.1) is 5.56 Å². The van der Waals surface area contributed by atoms with Crippen molar-refractivity contribution >= 4 is 5.97 Å². The van der Waals surface area contributed by atoms with Crippen LogP contribution in [0.15, 0.2) is 24.5 Å². The number of aromatic nitrogens is 1. The molecule has 1 aromatic heterocycles. The molecular formula is C10H12N2O2. The Morgan fingerprint density at radius 2 is 2.29 bits per heavy atom. The molecule has 0 aliphatic carbocycles. The Bertz CT molecular complexity index is 307. The lowest BCUT2D eigenvalue weighted by Gasteiger charge is -2.09. The Labute approximate surface area is 82.3 Å². The first kappa shape index (κ1) is 9.15. The van der Waals surface area contributed by atoms with Crippen LogP contribution in [0.1, 0.15) is 16.8 Å². The lowest BCUT2D eigenvalue weighted by Crippen LogP contribution is -2.20. The maximum absolute atomic E-state index is 11.5. The van der Waals surface area contributed by atoms with Gasteiger partial charge < -0.3 is 10.1 Å². The number of hydrogen-bond acceptors (Lipinski definition) is 4. The van der Waals surface area contributed by atoms with Crippen molar-refractivity contribution in [3.8, 4) is 0 Å². The van der Waals surface area contributed by atoms with Crippen LogP contribution in [0.2, 0.25) is 0 Å². The molecule has 74 valence electrons. The molecule has 0 saturated carbocycles. The first-order chi connectivity index (χ1) is 6.86. The molecule has 1 aromatic rings. The average Bonchev–Trinajstić information content (AvgIpc) is 2.72. The molecule has 1 atom stereocenters. The Kier molecular flexibility index (Phi) is 2.74. The summed E-state index contributed by atoms with van der Waals surface area (Å²) in [4.78, 5) is 15.4. The first-order valence-corrected chi connectivity index (χ1v) is 4.68. The standard InChI is InChI=1S/C10H12N2O2/c13-10(8-1-4-11-5-2-8)14-9-3-6-12-7-9/h1-2,4-5,9,12H,3,6-7H2/t9-/m0/s1. The lowest BCUT2D eigenvalue weighted by molar-refractivity contribution is 0.0344. The Morgan fingerprint density at radius 1 is 1.50 bits per heavy atom. The second kappa shape index (κ2) is 4.19. The maximum atomic E-state index is 11.5. The van der Waals surface area contributed by atoms with Gasteiger partial charge in [0, 0.05) is 18.9 Å². The van der Waals surface area contributed by atoms with E-state index in [2.05, 4.69) is 10.3 Å². The third kappa shape index (κ3) is 2.09. The van der Waals surface area contributed by atoms with Gasteiger partial charge in [0.1, 0.15) is 6.10 Å². The van der Waals surface area contributed by atoms with Crippen LogP contribution in [-0.2, 0) is 4.74 Å². The number of nitrogens with one attached hydrogen (secondary N) is 1. The normalized spacial score (nSPS) is 20.7. The summed E-state index contributed by atoms with van der Waals surface area (Å²) in [6.45, 7) is 1.69. The van der Waals surface area contributed by atoms with E-state index < -0.39 is 0 Å². The van der Waals surface area contributed by atoms with Crippen molar-refractivity contribution < 1.29 is 9.53 Å². The molecule has 0 unspecified atom stereocenters. The number of carbonyl (C=O) groups is 1. The van der Waals surface area contributed by atoms with E-state index in [4.69, 9.17) is 4.74 Å². The van der Waals surface area contributed by atoms with E-state index in [1.165, 1.54) is 0 Å². The molecule has 14 heavy (non-hydrogen) atoms. The van der Waals surface area contributed by atoms with Gasteiger partial charge in [-0.15, -0.1) is 0 Å². The second-order valence-corrected chi connectivity index (χ2v) is 3.26. The van der Waals surface area contributed by atoms with Crippen molar-refractivity contribution in [1.29, 1.82) is 0 Å². The molecule has 4 nitrogen and oxygen atoms in total. The summed E-state index contributed by atoms with van der Waals surface area (Å²) in [5.41, 5.74) is 0.562. The molecule has 0 radical (unpaired) electrons. The highest BCUT2D eigenvalue weighted by atomic mass is 16.5. The van der Waals surface area contributed by atoms with E-state index in [1.54, 1.807) is 24.5 Å². The fourth-order valence-corrected chi connectivity index (χ4v) is 1.44. The zero-order chi connectivity index (χ0) is 9.80. The maximum Gasteiger partial charge on any atom is 0.338 e. The van der Waals surface area contributed by atoms with Crippen LogP contribution >= 0.6 is 0 Å². The van der Waals surface area contributed by atoms with Crippen LogP contribution in [-0.4, -0.2) is 30.1 Å². The zero-order valence-electron chi connectivity index (χ0n) is 7.77. The quantitative estimate of drug-likeness (QED) is 0.697. The fourth-order valence-electron chi connectivity index (χ4n) is 1.44. The first-order valence-electron chi connectivity index (χ1n) is 4.68. The highest BCUT2D eigenvalue weighted by molar-refractivity contribution is 5.89. The minimum Gasteiger partial charge on any atom is -0.457 e. The van der Waals surface area contributed by atoms with Crippen molar-refractivity contribution in [3.05, 3.63) is 30.1 Å². The van der Waals surface area contributed by atoms with Gasteiger partial charge in [0.25, 0.3) is 0 Å². The summed E-state index contributed by atoms with van der Waals surface area (Å²) in [5, 5.41) is 3.14. The molecular weight excluding hydrogens is 180 g/mol. The lowest BCUT2D eigenvalue weighted by atomic mass is 10.2. The number of ether oxygens (including phenoxy) is 1. The van der Waals surface area contributed by atoms with Crippen LogP contribution in [0.25, 0.3) is 0 Å². The number of carbonyl (C=O) groups excluding carboxylic acids is 1. The van der Waals surface area contributed by atoms with E-state index >= 15 is 0 Å². The molecule has 1 aliphatic heterocycles. The average molecular weight is 192 g/mol. The number of esters is 1. The predicted octanol–water partition coefficient (Wildman–Crippen LogP) is 0.600. The number of nitrogens with zero attached hydrogens (tertiary/aromatic N) is 1. The highest BCUT2D eigenvalue weighted by Crippen LogP contribution is 2.07. The van der Waals surface area contributed by atoms with Gasteiger partial charge in [0.15, 0.2) is 0 Å². The Balaban J connectivity index is 1.95. The minimum absolute atomic E-state index is 0.0238. The van der Waals surface area contributed by atoms with Gasteiger partial charge in [0.2, 0.25) is 0 Å². The third-order valence-corrected chi connectivity index (χ3v) is 2.20. The summed E-state index contributed by atoms with van der Waals surface area (Å²) in [6.07, 6.45) is 4.10. The van der Waals surface area contributed by atoms with E-state index in [1.807, 2.05) is 0 Å². The predicted molar refractivity (Wildman–Crippen MR) is 50.9 cm³/mol. The molecule has 0 aromatic carbocycles. The summed E-state index contributed by atoms with van der Waals surface area (Å²) in [5.74, 6) is -0.263. The molecule has 1 fully saturated rings. The van der Waals surface area contributed by atoms with Crippen LogP contribution < -0.4 is 5.32 Å². The van der Waals surface area contributed by atoms with Crippen LogP contribution in [0.4, 0.5) is 0 Å². The van der Waals surface area contributed by atoms with E-state index in [-0.39, 0.29) is 12.1 Å². The monoisotopic (exact) mass is 192 g/mol. The highest BCUT2D eigenvalue weighted by Gasteiger charge is 2.19. The van der Waals surface area contributed by atoms with Crippen molar-refractivity contribution in [2.75, 3.05) is 13.1 Å². The van der Waals surface area contributed by atoms with E-state index in [9.17, 15) is 4.79 Å². The molecule has 1 aliphatic rings. The van der Waals surface area contributed by atoms with Crippen molar-refractivity contribution in [1.82, 2.24) is 10.3 Å². The molecule has 1 N–H and O–H groups in total. The summed E-state index contributed by atoms with van der Waals surface area (Å²) >= 11 is 0. The molecule has 2 heterocycles. The van der Waals surface area contributed by atoms with Gasteiger partial charge in [-0.25, -0.2) is 4.79 Å². The third-order valence-electron chi connectivity index (χ3n) is 2.20. The number of rotatable bonds is 2. The van der Waals surface area contributed by atoms with Crippen LogP contribution in [0.5, 0.6) is 0 Å². The SMILES string of the molecule is O=C(O[C@H]1CCNC1)c1ccncc1. The molecule has 1 saturated heterocycles. The molecule has 0 bridgehead atoms. The van der Waals surface area contributed by atoms with Crippen molar-refractivity contribution in [3.63, 3.8) is 0 Å². The summed E-state index contributed by atoms with van der Waals surface area (Å²) in [6, 6.07) is 3.31. The van der Waals surface area contributed by atoms with Gasteiger partial charge >= 0.3 is 5.97 Å². The van der Waals surface area contributed by atoms with Gasteiger partial charge in [-0.1, -0.05) is 0 Å². The molecule has 0 amide bonds. The Hall–Kier alpha value is -1.42. The van der Waals surface area contributed by atoms with Crippen molar-refractivity contribution in [2.45, 2.75) is 12.5 Å². The van der Waals surface area contributed by atoms with E-state index in [0.29, 0.717) is 5.56 Å². The van der Waals surface area contributed by atoms with E-state index in [0.717, 1.165) is 19.5 Å². The number of pyridine rings is 1. The Morgan fingerprint density at radius 3 is 2.93 bits per heavy atom. The van der Waals surface area contributed by atoms with Gasteiger partial charge in [-0.3, -0.25) is 4.98 Å². The fraction of sp³-hybridized carbons (Fsp3) is 0.400. The smallest absolute Gasteiger partial charge is 0.338 e.